The van der Waals surface area contributed by atoms with Crippen molar-refractivity contribution in [3.63, 3.8) is 0 Å². The van der Waals surface area contributed by atoms with Crippen LogP contribution in [0.1, 0.15) is 57.9 Å². The minimum absolute atomic E-state index is 0.0229. The number of ether oxygens (including phenoxy) is 1. The summed E-state index contributed by atoms with van der Waals surface area (Å²) in [5.74, 6) is -3.07. The van der Waals surface area contributed by atoms with Crippen molar-refractivity contribution in [2.75, 3.05) is 6.61 Å². The summed E-state index contributed by atoms with van der Waals surface area (Å²) in [4.78, 5) is 4.29. The zero-order chi connectivity index (χ0) is 22.9. The molecule has 0 saturated carbocycles. The molecular formula is C27H31F2NO2. The lowest BCUT2D eigenvalue weighted by Gasteiger charge is -2.12. The Morgan fingerprint density at radius 2 is 1.88 bits per heavy atom. The minimum atomic E-state index is -1.26. The lowest BCUT2D eigenvalue weighted by molar-refractivity contribution is 0.0566. The predicted octanol–water partition coefficient (Wildman–Crippen LogP) is 7.66. The lowest BCUT2D eigenvalue weighted by Crippen LogP contribution is -2.08. The fourth-order valence-electron chi connectivity index (χ4n) is 3.61. The molecule has 0 fully saturated rings. The first-order valence-corrected chi connectivity index (χ1v) is 11.3. The van der Waals surface area contributed by atoms with Crippen LogP contribution in [0.15, 0.2) is 48.7 Å². The Labute approximate surface area is 188 Å². The molecule has 170 valence electrons. The molecule has 0 radical (unpaired) electrons. The number of phenols is 1. The van der Waals surface area contributed by atoms with Gasteiger partial charge in [-0.2, -0.15) is 4.39 Å². The van der Waals surface area contributed by atoms with Gasteiger partial charge >= 0.3 is 0 Å². The Bertz CT molecular complexity index is 1060. The van der Waals surface area contributed by atoms with Crippen molar-refractivity contribution in [2.45, 2.75) is 58.5 Å². The number of pyridine rings is 1. The summed E-state index contributed by atoms with van der Waals surface area (Å²) in [5.41, 5.74) is 1.41. The summed E-state index contributed by atoms with van der Waals surface area (Å²) in [7, 11) is 0. The smallest absolute Gasteiger partial charge is 0.201 e. The third-order valence-corrected chi connectivity index (χ3v) is 5.53. The topological polar surface area (TPSA) is 42.4 Å². The number of aromatic nitrogens is 1. The number of hydrogen-bond donors (Lipinski definition) is 1. The van der Waals surface area contributed by atoms with Crippen molar-refractivity contribution in [1.82, 2.24) is 4.98 Å². The summed E-state index contributed by atoms with van der Waals surface area (Å²) >= 11 is 0. The molecule has 0 spiro atoms. The van der Waals surface area contributed by atoms with Gasteiger partial charge in [-0.15, -0.1) is 0 Å². The molecule has 3 rings (SSSR count). The maximum absolute atomic E-state index is 14.2. The molecule has 1 unspecified atom stereocenters. The van der Waals surface area contributed by atoms with E-state index in [1.165, 1.54) is 18.9 Å². The molecule has 0 aliphatic rings. The molecule has 1 N–H and O–H groups in total. The second kappa shape index (κ2) is 11.7. The Hall–Kier alpha value is -2.79. The molecule has 3 nitrogen and oxygen atoms in total. The van der Waals surface area contributed by atoms with E-state index < -0.39 is 17.4 Å². The Morgan fingerprint density at radius 3 is 2.69 bits per heavy atom. The molecule has 0 saturated heterocycles. The van der Waals surface area contributed by atoms with Gasteiger partial charge in [0.1, 0.15) is 0 Å². The van der Waals surface area contributed by atoms with Crippen molar-refractivity contribution in [2.24, 2.45) is 0 Å². The summed E-state index contributed by atoms with van der Waals surface area (Å²) < 4.78 is 33.7. The van der Waals surface area contributed by atoms with Gasteiger partial charge in [0, 0.05) is 23.8 Å². The SMILES string of the molecule is CCCCCOC(C)CCCC=Cc1ccc2cc(-c3ccc(O)c(F)c3F)ncc2c1. The number of phenolic OH excluding ortho intramolecular Hbond substituents is 1. The van der Waals surface area contributed by atoms with Crippen LogP contribution in [0.25, 0.3) is 28.1 Å². The largest absolute Gasteiger partial charge is 0.505 e. The third kappa shape index (κ3) is 6.36. The number of benzene rings is 2. The zero-order valence-corrected chi connectivity index (χ0v) is 18.8. The van der Waals surface area contributed by atoms with Gasteiger partial charge in [-0.1, -0.05) is 44.1 Å². The molecule has 0 aliphatic heterocycles. The molecule has 0 aliphatic carbocycles. The summed E-state index contributed by atoms with van der Waals surface area (Å²) in [6, 6.07) is 10.1. The van der Waals surface area contributed by atoms with Crippen molar-refractivity contribution in [3.05, 3.63) is 65.9 Å². The minimum Gasteiger partial charge on any atom is -0.505 e. The number of hydrogen-bond acceptors (Lipinski definition) is 3. The molecule has 32 heavy (non-hydrogen) atoms. The summed E-state index contributed by atoms with van der Waals surface area (Å²) in [6.45, 7) is 5.19. The van der Waals surface area contributed by atoms with E-state index in [4.69, 9.17) is 4.74 Å². The molecular weight excluding hydrogens is 408 g/mol. The highest BCUT2D eigenvalue weighted by molar-refractivity contribution is 5.87. The average molecular weight is 440 g/mol. The van der Waals surface area contributed by atoms with Crippen LogP contribution in [-0.4, -0.2) is 22.8 Å². The van der Waals surface area contributed by atoms with Crippen LogP contribution in [0.5, 0.6) is 5.75 Å². The molecule has 0 amide bonds. The summed E-state index contributed by atoms with van der Waals surface area (Å²) in [6.07, 6.45) is 12.9. The van der Waals surface area contributed by atoms with Gasteiger partial charge in [0.05, 0.1) is 11.8 Å². The first-order chi connectivity index (χ1) is 15.5. The number of nitrogens with zero attached hydrogens (tertiary/aromatic N) is 1. The van der Waals surface area contributed by atoms with Crippen LogP contribution < -0.4 is 0 Å². The molecule has 0 bridgehead atoms. The first kappa shape index (κ1) is 23.9. The van der Waals surface area contributed by atoms with E-state index in [0.29, 0.717) is 11.8 Å². The zero-order valence-electron chi connectivity index (χ0n) is 18.8. The van der Waals surface area contributed by atoms with Crippen molar-refractivity contribution in [1.29, 1.82) is 0 Å². The summed E-state index contributed by atoms with van der Waals surface area (Å²) in [5, 5.41) is 11.1. The Morgan fingerprint density at radius 1 is 1.03 bits per heavy atom. The highest BCUT2D eigenvalue weighted by Gasteiger charge is 2.15. The van der Waals surface area contributed by atoms with Gasteiger partial charge in [0.15, 0.2) is 11.6 Å². The van der Waals surface area contributed by atoms with E-state index in [0.717, 1.165) is 54.7 Å². The Balaban J connectivity index is 1.57. The van der Waals surface area contributed by atoms with Gasteiger partial charge in [-0.3, -0.25) is 4.98 Å². The van der Waals surface area contributed by atoms with Crippen molar-refractivity contribution < 1.29 is 18.6 Å². The van der Waals surface area contributed by atoms with E-state index in [-0.39, 0.29) is 5.56 Å². The van der Waals surface area contributed by atoms with Crippen molar-refractivity contribution in [3.8, 4) is 17.0 Å². The van der Waals surface area contributed by atoms with Crippen LogP contribution in [0.4, 0.5) is 8.78 Å². The molecule has 1 heterocycles. The van der Waals surface area contributed by atoms with Gasteiger partial charge < -0.3 is 9.84 Å². The van der Waals surface area contributed by atoms with E-state index >= 15 is 0 Å². The van der Waals surface area contributed by atoms with Gasteiger partial charge in [0.25, 0.3) is 0 Å². The molecule has 2 aromatic carbocycles. The van der Waals surface area contributed by atoms with Crippen LogP contribution in [0, 0.1) is 11.6 Å². The van der Waals surface area contributed by atoms with Crippen LogP contribution in [-0.2, 0) is 4.74 Å². The number of aromatic hydroxyl groups is 1. The predicted molar refractivity (Wildman–Crippen MR) is 127 cm³/mol. The molecule has 5 heteroatoms. The number of rotatable bonds is 11. The maximum Gasteiger partial charge on any atom is 0.201 e. The van der Waals surface area contributed by atoms with Crippen LogP contribution in [0.2, 0.25) is 0 Å². The van der Waals surface area contributed by atoms with E-state index in [2.05, 4.69) is 31.0 Å². The molecule has 3 aromatic rings. The normalized spacial score (nSPS) is 12.6. The monoisotopic (exact) mass is 439 g/mol. The first-order valence-electron chi connectivity index (χ1n) is 11.3. The average Bonchev–Trinajstić information content (AvgIpc) is 2.80. The van der Waals surface area contributed by atoms with Crippen LogP contribution in [0.3, 0.4) is 0 Å². The number of halogens is 2. The van der Waals surface area contributed by atoms with Gasteiger partial charge in [0.2, 0.25) is 5.82 Å². The Kier molecular flexibility index (Phi) is 8.74. The standard InChI is InChI=1S/C27H31F2NO2/c1-3-4-8-15-32-19(2)9-6-5-7-10-20-11-12-21-17-24(30-18-22(21)16-20)23-13-14-25(31)27(29)26(23)28/h7,10-14,16-19,31H,3-6,8-9,15H2,1-2H3. The fraction of sp³-hybridized carbons (Fsp3) is 0.370. The fourth-order valence-corrected chi connectivity index (χ4v) is 3.61. The molecule has 1 atom stereocenters. The quantitative estimate of drug-likeness (QED) is 0.312. The lowest BCUT2D eigenvalue weighted by atomic mass is 10.0. The second-order valence-corrected chi connectivity index (χ2v) is 8.16. The van der Waals surface area contributed by atoms with Crippen molar-refractivity contribution >= 4 is 16.8 Å². The molecule has 1 aromatic heterocycles. The maximum atomic E-state index is 14.2. The number of fused-ring (bicyclic) bond motifs is 1. The highest BCUT2D eigenvalue weighted by atomic mass is 19.2. The van der Waals surface area contributed by atoms with Gasteiger partial charge in [-0.05, 0) is 67.8 Å². The number of allylic oxidation sites excluding steroid dienone is 1. The second-order valence-electron chi connectivity index (χ2n) is 8.16. The highest BCUT2D eigenvalue weighted by Crippen LogP contribution is 2.29. The van der Waals surface area contributed by atoms with E-state index in [1.807, 2.05) is 18.2 Å². The van der Waals surface area contributed by atoms with Gasteiger partial charge in [-0.25, -0.2) is 4.39 Å². The third-order valence-electron chi connectivity index (χ3n) is 5.53. The van der Waals surface area contributed by atoms with Crippen LogP contribution >= 0.6 is 0 Å². The number of unbranched alkanes of at least 4 members (excludes halogenated alkanes) is 3. The van der Waals surface area contributed by atoms with E-state index in [1.54, 1.807) is 12.3 Å². The van der Waals surface area contributed by atoms with E-state index in [9.17, 15) is 13.9 Å².